The fourth-order valence-electron chi connectivity index (χ4n) is 3.82. The summed E-state index contributed by atoms with van der Waals surface area (Å²) in [6.07, 6.45) is -0.810. The van der Waals surface area contributed by atoms with Crippen LogP contribution in [0.2, 0.25) is 0 Å². The van der Waals surface area contributed by atoms with Gasteiger partial charge in [0, 0.05) is 12.3 Å². The van der Waals surface area contributed by atoms with Gasteiger partial charge in [-0.25, -0.2) is 4.79 Å². The summed E-state index contributed by atoms with van der Waals surface area (Å²) in [5, 5.41) is 9.93. The van der Waals surface area contributed by atoms with Crippen molar-refractivity contribution in [1.82, 2.24) is 9.55 Å². The highest BCUT2D eigenvalue weighted by Gasteiger charge is 2.46. The zero-order valence-electron chi connectivity index (χ0n) is 17.5. The summed E-state index contributed by atoms with van der Waals surface area (Å²) in [4.78, 5) is 25.8. The van der Waals surface area contributed by atoms with Crippen LogP contribution in [0.15, 0.2) is 82.5 Å². The van der Waals surface area contributed by atoms with E-state index in [0.29, 0.717) is 13.2 Å². The van der Waals surface area contributed by atoms with Crippen LogP contribution in [0.25, 0.3) is 0 Å². The fraction of sp³-hybridized carbons (Fsp3) is 0.333. The summed E-state index contributed by atoms with van der Waals surface area (Å²) >= 11 is 0. The van der Waals surface area contributed by atoms with E-state index >= 15 is 0 Å². The Balaban J connectivity index is 1.55. The van der Waals surface area contributed by atoms with E-state index in [0.717, 1.165) is 11.1 Å². The third kappa shape index (κ3) is 5.41. The van der Waals surface area contributed by atoms with Crippen LogP contribution in [0.3, 0.4) is 0 Å². The Morgan fingerprint density at radius 3 is 1.94 bits per heavy atom. The normalized spacial score (nSPS) is 22.8. The van der Waals surface area contributed by atoms with E-state index in [2.05, 4.69) is 4.98 Å². The van der Waals surface area contributed by atoms with Crippen molar-refractivity contribution < 1.29 is 19.3 Å². The van der Waals surface area contributed by atoms with Gasteiger partial charge in [0.2, 0.25) is 0 Å². The molecule has 3 aromatic rings. The summed E-state index contributed by atoms with van der Waals surface area (Å²) in [6.45, 7) is 0.565. The number of aromatic amines is 1. The first-order chi connectivity index (χ1) is 15.6. The number of aliphatic hydroxyl groups excluding tert-OH is 1. The summed E-state index contributed by atoms with van der Waals surface area (Å²) < 4.78 is 19.8. The Kier molecular flexibility index (Phi) is 7.28. The molecule has 32 heavy (non-hydrogen) atoms. The van der Waals surface area contributed by atoms with Gasteiger partial charge in [-0.1, -0.05) is 60.7 Å². The average molecular weight is 438 g/mol. The highest BCUT2D eigenvalue weighted by atomic mass is 16.6. The maximum atomic E-state index is 12.2. The quantitative estimate of drug-likeness (QED) is 0.525. The predicted octanol–water partition coefficient (Wildman–Crippen LogP) is 1.47. The predicted molar refractivity (Wildman–Crippen MR) is 117 cm³/mol. The minimum atomic E-state index is -0.608. The van der Waals surface area contributed by atoms with Crippen molar-refractivity contribution in [2.75, 3.05) is 6.61 Å². The smallest absolute Gasteiger partial charge is 0.328 e. The molecule has 0 radical (unpaired) electrons. The Labute approximate surface area is 185 Å². The third-order valence-electron chi connectivity index (χ3n) is 5.43. The number of H-pyrrole nitrogens is 1. The van der Waals surface area contributed by atoms with Gasteiger partial charge in [-0.05, 0) is 11.1 Å². The highest BCUT2D eigenvalue weighted by Crippen LogP contribution is 2.29. The van der Waals surface area contributed by atoms with E-state index < -0.39 is 35.7 Å². The van der Waals surface area contributed by atoms with Crippen molar-refractivity contribution >= 4 is 0 Å². The van der Waals surface area contributed by atoms with Crippen LogP contribution in [0.1, 0.15) is 11.1 Å². The zero-order chi connectivity index (χ0) is 22.3. The molecule has 2 aromatic carbocycles. The van der Waals surface area contributed by atoms with Crippen molar-refractivity contribution in [3.8, 4) is 0 Å². The molecule has 8 nitrogen and oxygen atoms in total. The number of ether oxygens (including phenoxy) is 3. The van der Waals surface area contributed by atoms with E-state index in [-0.39, 0.29) is 13.2 Å². The first kappa shape index (κ1) is 22.2. The molecule has 168 valence electrons. The molecule has 1 aromatic heterocycles. The molecule has 0 spiro atoms. The van der Waals surface area contributed by atoms with Gasteiger partial charge in [0.15, 0.2) is 0 Å². The average Bonchev–Trinajstić information content (AvgIpc) is 3.15. The van der Waals surface area contributed by atoms with Gasteiger partial charge in [0.1, 0.15) is 24.4 Å². The first-order valence-electron chi connectivity index (χ1n) is 10.5. The molecule has 2 N–H and O–H groups in total. The van der Waals surface area contributed by atoms with E-state index in [1.807, 2.05) is 60.7 Å². The number of benzene rings is 2. The fourth-order valence-corrected chi connectivity index (χ4v) is 3.82. The minimum absolute atomic E-state index is 0.150. The van der Waals surface area contributed by atoms with Crippen LogP contribution in [-0.4, -0.2) is 45.7 Å². The van der Waals surface area contributed by atoms with Crippen LogP contribution in [-0.2, 0) is 34.0 Å². The van der Waals surface area contributed by atoms with Gasteiger partial charge in [-0.2, -0.15) is 0 Å². The molecular weight excluding hydrogens is 412 g/mol. The molecule has 1 aliphatic rings. The molecule has 1 fully saturated rings. The molecule has 0 amide bonds. The maximum Gasteiger partial charge on any atom is 0.328 e. The molecule has 4 atom stereocenters. The lowest BCUT2D eigenvalue weighted by molar-refractivity contribution is -0.0839. The molecule has 1 aliphatic heterocycles. The Bertz CT molecular complexity index is 1100. The van der Waals surface area contributed by atoms with Gasteiger partial charge in [-0.15, -0.1) is 0 Å². The third-order valence-corrected chi connectivity index (χ3v) is 5.43. The number of nitrogens with zero attached hydrogens (tertiary/aromatic N) is 1. The summed E-state index contributed by atoms with van der Waals surface area (Å²) in [5.74, 6) is 0. The SMILES string of the molecule is O=c1ccn(C[C@H]2O[C@@H](CO)[C@H](OCc3ccccc3)[C@H]2OCc2ccccc2)c(=O)[nH]1. The number of hydrogen-bond acceptors (Lipinski definition) is 6. The second kappa shape index (κ2) is 10.5. The zero-order valence-corrected chi connectivity index (χ0v) is 17.5. The van der Waals surface area contributed by atoms with Gasteiger partial charge in [-0.3, -0.25) is 14.3 Å². The summed E-state index contributed by atoms with van der Waals surface area (Å²) in [7, 11) is 0. The van der Waals surface area contributed by atoms with Crippen LogP contribution in [0.5, 0.6) is 0 Å². The van der Waals surface area contributed by atoms with E-state index in [4.69, 9.17) is 14.2 Å². The Hall–Kier alpha value is -3.04. The van der Waals surface area contributed by atoms with Crippen molar-refractivity contribution in [1.29, 1.82) is 0 Å². The molecule has 1 saturated heterocycles. The topological polar surface area (TPSA) is 103 Å². The van der Waals surface area contributed by atoms with E-state index in [9.17, 15) is 14.7 Å². The molecule has 4 rings (SSSR count). The number of aromatic nitrogens is 2. The number of aliphatic hydroxyl groups is 1. The van der Waals surface area contributed by atoms with Crippen LogP contribution < -0.4 is 11.2 Å². The lowest BCUT2D eigenvalue weighted by Crippen LogP contribution is -2.41. The Morgan fingerprint density at radius 1 is 0.844 bits per heavy atom. The van der Waals surface area contributed by atoms with Crippen LogP contribution >= 0.6 is 0 Å². The van der Waals surface area contributed by atoms with E-state index in [1.165, 1.54) is 16.8 Å². The van der Waals surface area contributed by atoms with Crippen molar-refractivity contribution in [2.45, 2.75) is 44.2 Å². The van der Waals surface area contributed by atoms with Crippen molar-refractivity contribution in [3.63, 3.8) is 0 Å². The molecule has 0 bridgehead atoms. The van der Waals surface area contributed by atoms with E-state index in [1.54, 1.807) is 0 Å². The van der Waals surface area contributed by atoms with Crippen LogP contribution in [0.4, 0.5) is 0 Å². The number of nitrogens with one attached hydrogen (secondary N) is 1. The molecule has 8 heteroatoms. The van der Waals surface area contributed by atoms with Gasteiger partial charge in [0.25, 0.3) is 5.56 Å². The minimum Gasteiger partial charge on any atom is -0.394 e. The molecule has 0 unspecified atom stereocenters. The summed E-state index contributed by atoms with van der Waals surface area (Å²) in [6, 6.07) is 20.7. The van der Waals surface area contributed by atoms with Crippen LogP contribution in [0, 0.1) is 0 Å². The second-order valence-corrected chi connectivity index (χ2v) is 7.68. The summed E-state index contributed by atoms with van der Waals surface area (Å²) in [5.41, 5.74) is 0.984. The van der Waals surface area contributed by atoms with Gasteiger partial charge >= 0.3 is 5.69 Å². The molecule has 0 aliphatic carbocycles. The number of rotatable bonds is 9. The second-order valence-electron chi connectivity index (χ2n) is 7.68. The lowest BCUT2D eigenvalue weighted by Gasteiger charge is -2.25. The maximum absolute atomic E-state index is 12.2. The lowest BCUT2D eigenvalue weighted by atomic mass is 10.1. The monoisotopic (exact) mass is 438 g/mol. The largest absolute Gasteiger partial charge is 0.394 e. The number of hydrogen-bond donors (Lipinski definition) is 2. The molecule has 2 heterocycles. The highest BCUT2D eigenvalue weighted by molar-refractivity contribution is 5.14. The standard InChI is InChI=1S/C24H26N2O6/c27-14-20-23(31-16-18-9-5-2-6-10-18)22(30-15-17-7-3-1-4-8-17)19(32-20)13-26-12-11-21(28)25-24(26)29/h1-12,19-20,22-23,27H,13-16H2,(H,25,28,29)/t19-,20+,22+,23+/m1/s1. The van der Waals surface area contributed by atoms with Gasteiger partial charge in [0.05, 0.1) is 26.4 Å². The van der Waals surface area contributed by atoms with Gasteiger partial charge < -0.3 is 19.3 Å². The molecule has 0 saturated carbocycles. The van der Waals surface area contributed by atoms with Crippen molar-refractivity contribution in [3.05, 3.63) is 105 Å². The first-order valence-corrected chi connectivity index (χ1v) is 10.5. The van der Waals surface area contributed by atoms with Crippen molar-refractivity contribution in [2.24, 2.45) is 0 Å². The Morgan fingerprint density at radius 2 is 1.41 bits per heavy atom. The molecular formula is C24H26N2O6.